The Morgan fingerprint density at radius 2 is 1.75 bits per heavy atom. The van der Waals surface area contributed by atoms with Gasteiger partial charge in [-0.1, -0.05) is 37.4 Å². The van der Waals surface area contributed by atoms with Crippen LogP contribution in [0.25, 0.3) is 34.9 Å². The quantitative estimate of drug-likeness (QED) is 0.530. The normalized spacial score (nSPS) is 10.5. The van der Waals surface area contributed by atoms with Gasteiger partial charge in [0.1, 0.15) is 18.1 Å². The lowest BCUT2D eigenvalue weighted by Crippen LogP contribution is -2.06. The predicted molar refractivity (Wildman–Crippen MR) is 113 cm³/mol. The van der Waals surface area contributed by atoms with Crippen LogP contribution in [0.3, 0.4) is 0 Å². The summed E-state index contributed by atoms with van der Waals surface area (Å²) in [7, 11) is 1.65. The molecular formula is C23H23N3O2. The fourth-order valence-corrected chi connectivity index (χ4v) is 2.85. The fourth-order valence-electron chi connectivity index (χ4n) is 2.85. The fraction of sp³-hybridized carbons (Fsp3) is 0.174. The van der Waals surface area contributed by atoms with E-state index in [1.807, 2.05) is 49.4 Å². The molecule has 142 valence electrons. The van der Waals surface area contributed by atoms with Crippen molar-refractivity contribution in [3.8, 4) is 28.5 Å². The average Bonchev–Trinajstić information content (AvgIpc) is 2.73. The van der Waals surface area contributed by atoms with Crippen LogP contribution in [0.4, 0.5) is 0 Å². The van der Waals surface area contributed by atoms with Crippen LogP contribution in [0.15, 0.2) is 55.6 Å². The van der Waals surface area contributed by atoms with Crippen LogP contribution in [0.1, 0.15) is 17.0 Å². The van der Waals surface area contributed by atoms with Crippen molar-refractivity contribution in [2.24, 2.45) is 0 Å². The number of benzene rings is 1. The monoisotopic (exact) mass is 373 g/mol. The van der Waals surface area contributed by atoms with E-state index in [0.29, 0.717) is 30.4 Å². The lowest BCUT2D eigenvalue weighted by atomic mass is 10.0. The Labute approximate surface area is 165 Å². The number of aryl methyl sites for hydroxylation is 1. The van der Waals surface area contributed by atoms with Crippen molar-refractivity contribution in [3.63, 3.8) is 0 Å². The van der Waals surface area contributed by atoms with Gasteiger partial charge in [-0.2, -0.15) is 0 Å². The number of hydrogen-bond donors (Lipinski definition) is 0. The molecule has 3 rings (SSSR count). The number of rotatable bonds is 8. The molecule has 0 aliphatic carbocycles. The molecule has 28 heavy (non-hydrogen) atoms. The Balaban J connectivity index is 2.19. The molecule has 0 aliphatic heterocycles. The molecule has 2 aromatic heterocycles. The van der Waals surface area contributed by atoms with Gasteiger partial charge >= 0.3 is 0 Å². The molecule has 5 nitrogen and oxygen atoms in total. The summed E-state index contributed by atoms with van der Waals surface area (Å²) in [5.41, 5.74) is 4.69. The lowest BCUT2D eigenvalue weighted by Gasteiger charge is -2.15. The van der Waals surface area contributed by atoms with Crippen molar-refractivity contribution >= 4 is 12.2 Å². The zero-order chi connectivity index (χ0) is 19.9. The lowest BCUT2D eigenvalue weighted by molar-refractivity contribution is 0.146. The van der Waals surface area contributed by atoms with Crippen molar-refractivity contribution in [2.45, 2.75) is 6.92 Å². The molecule has 0 bridgehead atoms. The van der Waals surface area contributed by atoms with Gasteiger partial charge < -0.3 is 9.47 Å². The second-order valence-corrected chi connectivity index (χ2v) is 6.10. The first-order chi connectivity index (χ1) is 13.7. The molecule has 0 saturated heterocycles. The van der Waals surface area contributed by atoms with E-state index in [4.69, 9.17) is 14.5 Å². The summed E-state index contributed by atoms with van der Waals surface area (Å²) in [5.74, 6) is 1.26. The van der Waals surface area contributed by atoms with Gasteiger partial charge in [-0.3, -0.25) is 0 Å². The van der Waals surface area contributed by atoms with Crippen molar-refractivity contribution < 1.29 is 9.47 Å². The van der Waals surface area contributed by atoms with Gasteiger partial charge in [0.15, 0.2) is 5.82 Å². The van der Waals surface area contributed by atoms with Crippen LogP contribution in [-0.4, -0.2) is 35.3 Å². The van der Waals surface area contributed by atoms with Crippen LogP contribution in [0, 0.1) is 6.92 Å². The number of nitrogens with zero attached hydrogens (tertiary/aromatic N) is 3. The zero-order valence-electron chi connectivity index (χ0n) is 16.2. The summed E-state index contributed by atoms with van der Waals surface area (Å²) in [6.07, 6.45) is 3.45. The topological polar surface area (TPSA) is 57.1 Å². The third-order valence-corrected chi connectivity index (χ3v) is 4.18. The van der Waals surface area contributed by atoms with Gasteiger partial charge in [0.25, 0.3) is 0 Å². The molecule has 0 amide bonds. The second kappa shape index (κ2) is 9.06. The number of hydrogen-bond acceptors (Lipinski definition) is 5. The molecule has 0 atom stereocenters. The smallest absolute Gasteiger partial charge is 0.179 e. The SMILES string of the molecule is C=Cc1nc(-c2cccc(C)n2)nc(-c2ccccc2OCCOC)c1C=C. The van der Waals surface area contributed by atoms with Gasteiger partial charge in [0.05, 0.1) is 18.0 Å². The van der Waals surface area contributed by atoms with Gasteiger partial charge in [-0.15, -0.1) is 0 Å². The third-order valence-electron chi connectivity index (χ3n) is 4.18. The predicted octanol–water partition coefficient (Wildman–Crippen LogP) is 4.83. The molecular weight excluding hydrogens is 350 g/mol. The minimum Gasteiger partial charge on any atom is -0.490 e. The Bertz CT molecular complexity index is 999. The minimum absolute atomic E-state index is 0.447. The Hall–Kier alpha value is -3.31. The van der Waals surface area contributed by atoms with Gasteiger partial charge in [0.2, 0.25) is 0 Å². The molecule has 0 saturated carbocycles. The highest BCUT2D eigenvalue weighted by atomic mass is 16.5. The second-order valence-electron chi connectivity index (χ2n) is 6.10. The van der Waals surface area contributed by atoms with Crippen molar-refractivity contribution in [3.05, 3.63) is 72.6 Å². The minimum atomic E-state index is 0.447. The highest BCUT2D eigenvalue weighted by molar-refractivity contribution is 5.80. The summed E-state index contributed by atoms with van der Waals surface area (Å²) < 4.78 is 11.0. The van der Waals surface area contributed by atoms with E-state index in [1.54, 1.807) is 19.3 Å². The number of ether oxygens (including phenoxy) is 2. The van der Waals surface area contributed by atoms with Crippen molar-refractivity contribution in [1.29, 1.82) is 0 Å². The molecule has 2 heterocycles. The number of methoxy groups -OCH3 is 1. The Morgan fingerprint density at radius 1 is 0.929 bits per heavy atom. The first-order valence-corrected chi connectivity index (χ1v) is 9.00. The molecule has 0 spiro atoms. The van der Waals surface area contributed by atoms with E-state index >= 15 is 0 Å². The first kappa shape index (κ1) is 19.5. The van der Waals surface area contributed by atoms with Crippen LogP contribution < -0.4 is 4.74 Å². The van der Waals surface area contributed by atoms with E-state index in [0.717, 1.165) is 28.3 Å². The van der Waals surface area contributed by atoms with E-state index in [1.165, 1.54) is 0 Å². The van der Waals surface area contributed by atoms with Gasteiger partial charge in [-0.05, 0) is 37.3 Å². The maximum absolute atomic E-state index is 5.91. The van der Waals surface area contributed by atoms with Crippen LogP contribution in [-0.2, 0) is 4.74 Å². The standard InChI is InChI=1S/C23H23N3O2/c1-5-17-19(6-2)25-23(20-12-9-10-16(3)24-20)26-22(17)18-11-7-8-13-21(18)28-15-14-27-4/h5-13H,1-2,14-15H2,3-4H3. The van der Waals surface area contributed by atoms with Crippen LogP contribution in [0.2, 0.25) is 0 Å². The first-order valence-electron chi connectivity index (χ1n) is 9.00. The molecule has 0 N–H and O–H groups in total. The van der Waals surface area contributed by atoms with E-state index in [2.05, 4.69) is 23.1 Å². The van der Waals surface area contributed by atoms with Crippen molar-refractivity contribution in [2.75, 3.05) is 20.3 Å². The highest BCUT2D eigenvalue weighted by Gasteiger charge is 2.17. The van der Waals surface area contributed by atoms with Gasteiger partial charge in [-0.25, -0.2) is 15.0 Å². The molecule has 0 aliphatic rings. The summed E-state index contributed by atoms with van der Waals surface area (Å²) in [4.78, 5) is 14.0. The largest absolute Gasteiger partial charge is 0.490 e. The summed E-state index contributed by atoms with van der Waals surface area (Å²) in [6, 6.07) is 13.5. The van der Waals surface area contributed by atoms with Crippen molar-refractivity contribution in [1.82, 2.24) is 15.0 Å². The van der Waals surface area contributed by atoms with E-state index in [-0.39, 0.29) is 0 Å². The summed E-state index contributed by atoms with van der Waals surface area (Å²) in [6.45, 7) is 10.7. The average molecular weight is 373 g/mol. The molecule has 0 radical (unpaired) electrons. The molecule has 0 unspecified atom stereocenters. The number of pyridine rings is 1. The third kappa shape index (κ3) is 4.15. The Morgan fingerprint density at radius 3 is 2.46 bits per heavy atom. The zero-order valence-corrected chi connectivity index (χ0v) is 16.2. The van der Waals surface area contributed by atoms with Gasteiger partial charge in [0, 0.05) is 23.9 Å². The highest BCUT2D eigenvalue weighted by Crippen LogP contribution is 2.34. The Kier molecular flexibility index (Phi) is 6.29. The molecule has 5 heteroatoms. The van der Waals surface area contributed by atoms with Crippen LogP contribution in [0.5, 0.6) is 5.75 Å². The summed E-state index contributed by atoms with van der Waals surface area (Å²) >= 11 is 0. The summed E-state index contributed by atoms with van der Waals surface area (Å²) in [5, 5.41) is 0. The molecule has 1 aromatic carbocycles. The molecule has 0 fully saturated rings. The van der Waals surface area contributed by atoms with E-state index in [9.17, 15) is 0 Å². The number of para-hydroxylation sites is 1. The maximum Gasteiger partial charge on any atom is 0.179 e. The van der Waals surface area contributed by atoms with E-state index < -0.39 is 0 Å². The molecule has 3 aromatic rings. The maximum atomic E-state index is 5.91. The van der Waals surface area contributed by atoms with Crippen LogP contribution >= 0.6 is 0 Å². The number of aromatic nitrogens is 3.